The number of hydrogen-bond acceptors (Lipinski definition) is 5. The Morgan fingerprint density at radius 3 is 2.17 bits per heavy atom. The molecule has 0 aliphatic heterocycles. The highest BCUT2D eigenvalue weighted by Gasteiger charge is 2.36. The van der Waals surface area contributed by atoms with Crippen LogP contribution in [0.3, 0.4) is 0 Å². The molecule has 0 radical (unpaired) electrons. The first kappa shape index (κ1) is 30.6. The average Bonchev–Trinajstić information content (AvgIpc) is 2.73. The van der Waals surface area contributed by atoms with Gasteiger partial charge in [-0.15, -0.1) is 6.58 Å². The molecule has 0 aliphatic rings. The predicted octanol–water partition coefficient (Wildman–Crippen LogP) is 4.87. The first-order chi connectivity index (χ1) is 16.2. The summed E-state index contributed by atoms with van der Waals surface area (Å²) in [7, 11) is 0. The normalized spacial score (nSPS) is 13.4. The van der Waals surface area contributed by atoms with Crippen molar-refractivity contribution in [3.05, 3.63) is 48.0 Å². The van der Waals surface area contributed by atoms with Crippen molar-refractivity contribution in [2.24, 2.45) is 0 Å². The molecule has 0 fully saturated rings. The predicted molar refractivity (Wildman–Crippen MR) is 145 cm³/mol. The van der Waals surface area contributed by atoms with Gasteiger partial charge < -0.3 is 20.3 Å². The molecular weight excluding hydrogens is 462 g/mol. The quantitative estimate of drug-likeness (QED) is 0.419. The molecule has 0 spiro atoms. The summed E-state index contributed by atoms with van der Waals surface area (Å²) >= 11 is 1.57. The molecule has 2 N–H and O–H groups in total. The second kappa shape index (κ2) is 13.6. The fourth-order valence-electron chi connectivity index (χ4n) is 3.45. The first-order valence-corrected chi connectivity index (χ1v) is 13.4. The van der Waals surface area contributed by atoms with Crippen LogP contribution in [-0.4, -0.2) is 58.5 Å². The molecule has 0 aliphatic carbocycles. The van der Waals surface area contributed by atoms with Crippen LogP contribution < -0.4 is 10.6 Å². The molecule has 3 amide bonds. The largest absolute Gasteiger partial charge is 0.444 e. The number of thioether (sulfide) groups is 1. The maximum Gasteiger partial charge on any atom is 0.408 e. The number of aryl methyl sites for hydroxylation is 1. The Kier molecular flexibility index (Phi) is 11.8. The third-order valence-corrected chi connectivity index (χ3v) is 5.61. The molecular formula is C27H43N3O4S. The Morgan fingerprint density at radius 2 is 1.71 bits per heavy atom. The van der Waals surface area contributed by atoms with Gasteiger partial charge in [-0.25, -0.2) is 4.79 Å². The van der Waals surface area contributed by atoms with E-state index < -0.39 is 29.3 Å². The van der Waals surface area contributed by atoms with Crippen molar-refractivity contribution in [3.8, 4) is 0 Å². The SMILES string of the molecule is C=CCN(C(=O)C(CCSC)NC(=O)OC(C)(C)C)C(C(=O)NC(C)(C)C)c1ccc(CC)cc1. The molecule has 0 saturated carbocycles. The van der Waals surface area contributed by atoms with Gasteiger partial charge in [0.2, 0.25) is 11.8 Å². The zero-order chi connectivity index (χ0) is 26.8. The molecule has 0 saturated heterocycles. The van der Waals surface area contributed by atoms with Crippen LogP contribution in [-0.2, 0) is 20.7 Å². The second-order valence-corrected chi connectivity index (χ2v) is 11.5. The molecule has 2 atom stereocenters. The smallest absolute Gasteiger partial charge is 0.408 e. The third kappa shape index (κ3) is 10.8. The summed E-state index contributed by atoms with van der Waals surface area (Å²) < 4.78 is 5.39. The number of rotatable bonds is 11. The Balaban J connectivity index is 3.44. The van der Waals surface area contributed by atoms with E-state index in [4.69, 9.17) is 4.74 Å². The number of carbonyl (C=O) groups excluding carboxylic acids is 3. The summed E-state index contributed by atoms with van der Waals surface area (Å²) in [5.74, 6) is -0.00525. The lowest BCUT2D eigenvalue weighted by Gasteiger charge is -2.35. The number of hydrogen-bond donors (Lipinski definition) is 2. The molecule has 7 nitrogen and oxygen atoms in total. The Hall–Kier alpha value is -2.48. The number of amides is 3. The summed E-state index contributed by atoms with van der Waals surface area (Å²) in [4.78, 5) is 41.4. The van der Waals surface area contributed by atoms with E-state index in [1.807, 2.05) is 51.3 Å². The molecule has 35 heavy (non-hydrogen) atoms. The van der Waals surface area contributed by atoms with E-state index in [2.05, 4.69) is 24.1 Å². The van der Waals surface area contributed by atoms with Crippen LogP contribution in [0.2, 0.25) is 0 Å². The van der Waals surface area contributed by atoms with Crippen LogP contribution in [0.15, 0.2) is 36.9 Å². The lowest BCUT2D eigenvalue weighted by Crippen LogP contribution is -2.54. The van der Waals surface area contributed by atoms with E-state index in [-0.39, 0.29) is 18.4 Å². The van der Waals surface area contributed by atoms with Crippen molar-refractivity contribution in [3.63, 3.8) is 0 Å². The summed E-state index contributed by atoms with van der Waals surface area (Å²) in [6.45, 7) is 17.0. The van der Waals surface area contributed by atoms with Crippen LogP contribution in [0.25, 0.3) is 0 Å². The van der Waals surface area contributed by atoms with E-state index >= 15 is 0 Å². The number of benzene rings is 1. The highest BCUT2D eigenvalue weighted by atomic mass is 32.2. The van der Waals surface area contributed by atoms with Crippen LogP contribution in [0.5, 0.6) is 0 Å². The van der Waals surface area contributed by atoms with Crippen molar-refractivity contribution in [2.75, 3.05) is 18.6 Å². The number of nitrogens with zero attached hydrogens (tertiary/aromatic N) is 1. The molecule has 1 rings (SSSR count). The van der Waals surface area contributed by atoms with E-state index in [1.165, 1.54) is 4.90 Å². The summed E-state index contributed by atoms with van der Waals surface area (Å²) in [6, 6.07) is 5.96. The maximum atomic E-state index is 13.9. The van der Waals surface area contributed by atoms with E-state index in [0.717, 1.165) is 12.0 Å². The number of carbonyl (C=O) groups is 3. The van der Waals surface area contributed by atoms with Gasteiger partial charge in [0.05, 0.1) is 0 Å². The molecule has 2 unspecified atom stereocenters. The maximum absolute atomic E-state index is 13.9. The lowest BCUT2D eigenvalue weighted by molar-refractivity contribution is -0.142. The third-order valence-electron chi connectivity index (χ3n) is 4.97. The topological polar surface area (TPSA) is 87.7 Å². The van der Waals surface area contributed by atoms with Crippen LogP contribution in [0.4, 0.5) is 4.79 Å². The number of nitrogens with one attached hydrogen (secondary N) is 2. The van der Waals surface area contributed by atoms with Crippen molar-refractivity contribution >= 4 is 29.7 Å². The van der Waals surface area contributed by atoms with E-state index in [9.17, 15) is 14.4 Å². The van der Waals surface area contributed by atoms with Gasteiger partial charge in [0.25, 0.3) is 0 Å². The molecule has 0 bridgehead atoms. The lowest BCUT2D eigenvalue weighted by atomic mass is 9.99. The second-order valence-electron chi connectivity index (χ2n) is 10.5. The number of ether oxygens (including phenoxy) is 1. The Morgan fingerprint density at radius 1 is 1.11 bits per heavy atom. The van der Waals surface area contributed by atoms with Crippen molar-refractivity contribution < 1.29 is 19.1 Å². The van der Waals surface area contributed by atoms with Gasteiger partial charge in [0.15, 0.2) is 0 Å². The van der Waals surface area contributed by atoms with E-state index in [1.54, 1.807) is 38.6 Å². The standard InChI is InChI=1S/C27H43N3O4S/c1-10-17-30(24(32)21(16-18-35-9)28-25(33)34-27(6,7)8)22(23(31)29-26(3,4)5)20-14-12-19(11-2)13-15-20/h10,12-15,21-22H,1,11,16-18H2,2-9H3,(H,28,33)(H,29,31). The minimum atomic E-state index is -0.886. The summed E-state index contributed by atoms with van der Waals surface area (Å²) in [5, 5.41) is 5.74. The van der Waals surface area contributed by atoms with Crippen molar-refractivity contribution in [2.45, 2.75) is 84.5 Å². The van der Waals surface area contributed by atoms with Gasteiger partial charge in [-0.1, -0.05) is 37.3 Å². The van der Waals surface area contributed by atoms with Gasteiger partial charge in [0, 0.05) is 12.1 Å². The van der Waals surface area contributed by atoms with Crippen LogP contribution >= 0.6 is 11.8 Å². The Bertz CT molecular complexity index is 857. The molecule has 0 heterocycles. The van der Waals surface area contributed by atoms with Crippen LogP contribution in [0.1, 0.15) is 72.1 Å². The van der Waals surface area contributed by atoms with E-state index in [0.29, 0.717) is 17.7 Å². The average molecular weight is 506 g/mol. The monoisotopic (exact) mass is 505 g/mol. The highest BCUT2D eigenvalue weighted by Crippen LogP contribution is 2.25. The summed E-state index contributed by atoms with van der Waals surface area (Å²) in [5.41, 5.74) is 0.637. The van der Waals surface area contributed by atoms with Gasteiger partial charge >= 0.3 is 6.09 Å². The Labute approximate surface area is 215 Å². The minimum absolute atomic E-state index is 0.141. The molecule has 1 aromatic carbocycles. The summed E-state index contributed by atoms with van der Waals surface area (Å²) in [6.07, 6.45) is 4.12. The van der Waals surface area contributed by atoms with Crippen molar-refractivity contribution in [1.29, 1.82) is 0 Å². The van der Waals surface area contributed by atoms with Gasteiger partial charge in [-0.2, -0.15) is 11.8 Å². The van der Waals surface area contributed by atoms with Crippen LogP contribution in [0, 0.1) is 0 Å². The van der Waals surface area contributed by atoms with Crippen molar-refractivity contribution in [1.82, 2.24) is 15.5 Å². The zero-order valence-electron chi connectivity index (χ0n) is 22.6. The van der Waals surface area contributed by atoms with Gasteiger partial charge in [-0.05, 0) is 77.5 Å². The zero-order valence-corrected chi connectivity index (χ0v) is 23.4. The highest BCUT2D eigenvalue weighted by molar-refractivity contribution is 7.98. The molecule has 196 valence electrons. The first-order valence-electron chi connectivity index (χ1n) is 12.0. The van der Waals surface area contributed by atoms with Gasteiger partial charge in [0.1, 0.15) is 17.7 Å². The minimum Gasteiger partial charge on any atom is -0.444 e. The molecule has 1 aromatic rings. The fraction of sp³-hybridized carbons (Fsp3) is 0.593. The van der Waals surface area contributed by atoms with Gasteiger partial charge in [-0.3, -0.25) is 9.59 Å². The molecule has 0 aromatic heterocycles. The number of alkyl carbamates (subject to hydrolysis) is 1. The fourth-order valence-corrected chi connectivity index (χ4v) is 3.92. The molecule has 8 heteroatoms.